The number of methoxy groups -OCH3 is 1. The van der Waals surface area contributed by atoms with Gasteiger partial charge in [0, 0.05) is 17.7 Å². The molecule has 1 amide bonds. The first kappa shape index (κ1) is 20.1. The number of H-pyrrole nitrogens is 1. The van der Waals surface area contributed by atoms with E-state index >= 15 is 0 Å². The highest BCUT2D eigenvalue weighted by atomic mass is 16.5. The van der Waals surface area contributed by atoms with Gasteiger partial charge in [-0.05, 0) is 38.1 Å². The standard InChI is InChI=1S/C23H21N5O3/c1-14-9-15(2)11-16(10-14)18-13-21(26-25-18)24-22(29)20-12-19(23(30)31-3)27-28(20)17-7-5-4-6-8-17/h4-13H,1-3H3,(H2,24,25,26,29). The predicted molar refractivity (Wildman–Crippen MR) is 116 cm³/mol. The zero-order valence-electron chi connectivity index (χ0n) is 17.3. The molecule has 2 heterocycles. The summed E-state index contributed by atoms with van der Waals surface area (Å²) < 4.78 is 6.15. The molecule has 4 rings (SSSR count). The number of hydrogen-bond acceptors (Lipinski definition) is 5. The van der Waals surface area contributed by atoms with Crippen molar-refractivity contribution in [1.82, 2.24) is 20.0 Å². The maximum atomic E-state index is 13.0. The molecule has 0 aliphatic rings. The van der Waals surface area contributed by atoms with Gasteiger partial charge in [0.2, 0.25) is 0 Å². The number of anilines is 1. The molecule has 31 heavy (non-hydrogen) atoms. The number of rotatable bonds is 5. The molecule has 2 N–H and O–H groups in total. The van der Waals surface area contributed by atoms with Crippen LogP contribution in [-0.4, -0.2) is 39.0 Å². The van der Waals surface area contributed by atoms with Gasteiger partial charge in [-0.15, -0.1) is 0 Å². The van der Waals surface area contributed by atoms with E-state index in [0.717, 1.165) is 22.4 Å². The van der Waals surface area contributed by atoms with Gasteiger partial charge in [-0.1, -0.05) is 35.4 Å². The molecule has 4 aromatic rings. The van der Waals surface area contributed by atoms with E-state index in [-0.39, 0.29) is 11.4 Å². The lowest BCUT2D eigenvalue weighted by Gasteiger charge is -2.06. The molecule has 8 nitrogen and oxygen atoms in total. The second kappa shape index (κ2) is 8.27. The van der Waals surface area contributed by atoms with Crippen molar-refractivity contribution in [2.75, 3.05) is 12.4 Å². The third-order valence-corrected chi connectivity index (χ3v) is 4.69. The normalized spacial score (nSPS) is 10.7. The van der Waals surface area contributed by atoms with Crippen LogP contribution in [0, 0.1) is 13.8 Å². The van der Waals surface area contributed by atoms with E-state index in [1.807, 2.05) is 44.2 Å². The van der Waals surface area contributed by atoms with Gasteiger partial charge in [-0.3, -0.25) is 9.89 Å². The number of aryl methyl sites for hydroxylation is 2. The van der Waals surface area contributed by atoms with Crippen LogP contribution in [0.5, 0.6) is 0 Å². The van der Waals surface area contributed by atoms with Crippen LogP contribution >= 0.6 is 0 Å². The summed E-state index contributed by atoms with van der Waals surface area (Å²) in [6.45, 7) is 4.05. The summed E-state index contributed by atoms with van der Waals surface area (Å²) in [7, 11) is 1.27. The van der Waals surface area contributed by atoms with Crippen LogP contribution in [-0.2, 0) is 4.74 Å². The molecular formula is C23H21N5O3. The number of nitrogens with zero attached hydrogens (tertiary/aromatic N) is 3. The lowest BCUT2D eigenvalue weighted by molar-refractivity contribution is 0.0593. The molecule has 0 spiro atoms. The second-order valence-corrected chi connectivity index (χ2v) is 7.15. The van der Waals surface area contributed by atoms with E-state index < -0.39 is 11.9 Å². The Bertz CT molecular complexity index is 1240. The van der Waals surface area contributed by atoms with Crippen LogP contribution < -0.4 is 5.32 Å². The number of aromatic nitrogens is 4. The monoisotopic (exact) mass is 415 g/mol. The van der Waals surface area contributed by atoms with Gasteiger partial charge in [0.15, 0.2) is 11.5 Å². The number of amides is 1. The summed E-state index contributed by atoms with van der Waals surface area (Å²) in [4.78, 5) is 25.0. The van der Waals surface area contributed by atoms with Crippen molar-refractivity contribution >= 4 is 17.7 Å². The van der Waals surface area contributed by atoms with Crippen molar-refractivity contribution in [3.63, 3.8) is 0 Å². The average Bonchev–Trinajstić information content (AvgIpc) is 3.41. The minimum atomic E-state index is -0.624. The number of ether oxygens (including phenoxy) is 1. The third-order valence-electron chi connectivity index (χ3n) is 4.69. The Morgan fingerprint density at radius 1 is 1.00 bits per heavy atom. The van der Waals surface area contributed by atoms with Gasteiger partial charge in [-0.25, -0.2) is 9.48 Å². The van der Waals surface area contributed by atoms with Gasteiger partial charge in [0.05, 0.1) is 18.5 Å². The van der Waals surface area contributed by atoms with Crippen molar-refractivity contribution in [1.29, 1.82) is 0 Å². The molecule has 0 saturated heterocycles. The molecule has 0 aliphatic carbocycles. The van der Waals surface area contributed by atoms with E-state index in [1.54, 1.807) is 18.2 Å². The zero-order valence-corrected chi connectivity index (χ0v) is 17.3. The largest absolute Gasteiger partial charge is 0.464 e. The fourth-order valence-electron chi connectivity index (χ4n) is 3.36. The van der Waals surface area contributed by atoms with Crippen molar-refractivity contribution < 1.29 is 14.3 Å². The Balaban J connectivity index is 1.64. The minimum absolute atomic E-state index is 0.0365. The predicted octanol–water partition coefficient (Wildman–Crippen LogP) is 3.92. The highest BCUT2D eigenvalue weighted by molar-refractivity contribution is 6.04. The lowest BCUT2D eigenvalue weighted by atomic mass is 10.1. The fourth-order valence-corrected chi connectivity index (χ4v) is 3.36. The van der Waals surface area contributed by atoms with Gasteiger partial charge in [0.25, 0.3) is 5.91 Å². The zero-order chi connectivity index (χ0) is 22.0. The molecule has 0 unspecified atom stereocenters. The van der Waals surface area contributed by atoms with Crippen LogP contribution in [0.25, 0.3) is 16.9 Å². The SMILES string of the molecule is COC(=O)c1cc(C(=O)Nc2cc(-c3cc(C)cc(C)c3)[nH]n2)n(-c2ccccc2)n1. The Kier molecular flexibility index (Phi) is 5.36. The van der Waals surface area contributed by atoms with Crippen LogP contribution in [0.4, 0.5) is 5.82 Å². The van der Waals surface area contributed by atoms with E-state index in [9.17, 15) is 9.59 Å². The van der Waals surface area contributed by atoms with E-state index in [0.29, 0.717) is 11.5 Å². The van der Waals surface area contributed by atoms with Crippen molar-refractivity contribution in [2.45, 2.75) is 13.8 Å². The molecule has 156 valence electrons. The first-order valence-electron chi connectivity index (χ1n) is 9.64. The number of carbonyl (C=O) groups excluding carboxylic acids is 2. The second-order valence-electron chi connectivity index (χ2n) is 7.15. The van der Waals surface area contributed by atoms with Crippen LogP contribution in [0.2, 0.25) is 0 Å². The van der Waals surface area contributed by atoms with Gasteiger partial charge < -0.3 is 10.1 Å². The van der Waals surface area contributed by atoms with Crippen molar-refractivity contribution in [3.05, 3.63) is 83.2 Å². The smallest absolute Gasteiger partial charge is 0.358 e. The molecule has 0 bridgehead atoms. The lowest BCUT2D eigenvalue weighted by Crippen LogP contribution is -2.17. The Morgan fingerprint density at radius 3 is 2.39 bits per heavy atom. The molecule has 0 atom stereocenters. The molecule has 0 saturated carbocycles. The average molecular weight is 415 g/mol. The summed E-state index contributed by atoms with van der Waals surface area (Å²) in [6.07, 6.45) is 0. The summed E-state index contributed by atoms with van der Waals surface area (Å²) in [6, 6.07) is 18.4. The molecule has 2 aromatic heterocycles. The molecular weight excluding hydrogens is 394 g/mol. The molecule has 0 fully saturated rings. The van der Waals surface area contributed by atoms with Gasteiger partial charge in [0.1, 0.15) is 5.69 Å². The number of esters is 1. The van der Waals surface area contributed by atoms with E-state index in [2.05, 4.69) is 26.7 Å². The quantitative estimate of drug-likeness (QED) is 0.481. The molecule has 8 heteroatoms. The summed E-state index contributed by atoms with van der Waals surface area (Å²) in [5, 5.41) is 14.2. The number of nitrogens with one attached hydrogen (secondary N) is 2. The highest BCUT2D eigenvalue weighted by Crippen LogP contribution is 2.23. The number of para-hydroxylation sites is 1. The highest BCUT2D eigenvalue weighted by Gasteiger charge is 2.21. The van der Waals surface area contributed by atoms with Crippen molar-refractivity contribution in [3.8, 4) is 16.9 Å². The number of aromatic amines is 1. The Labute approximate surface area is 178 Å². The van der Waals surface area contributed by atoms with Gasteiger partial charge >= 0.3 is 5.97 Å². The van der Waals surface area contributed by atoms with Crippen molar-refractivity contribution in [2.24, 2.45) is 0 Å². The van der Waals surface area contributed by atoms with Crippen LogP contribution in [0.1, 0.15) is 32.1 Å². The van der Waals surface area contributed by atoms with E-state index in [4.69, 9.17) is 4.74 Å². The maximum absolute atomic E-state index is 13.0. The Morgan fingerprint density at radius 2 is 1.71 bits per heavy atom. The Hall–Kier alpha value is -4.20. The van der Waals surface area contributed by atoms with Crippen LogP contribution in [0.3, 0.4) is 0 Å². The summed E-state index contributed by atoms with van der Waals surface area (Å²) >= 11 is 0. The third kappa shape index (κ3) is 4.23. The summed E-state index contributed by atoms with van der Waals surface area (Å²) in [5.74, 6) is -0.717. The molecule has 0 aliphatic heterocycles. The number of hydrogen-bond donors (Lipinski definition) is 2. The van der Waals surface area contributed by atoms with Gasteiger partial charge in [-0.2, -0.15) is 10.2 Å². The molecule has 2 aromatic carbocycles. The first-order valence-corrected chi connectivity index (χ1v) is 9.64. The topological polar surface area (TPSA) is 102 Å². The summed E-state index contributed by atoms with van der Waals surface area (Å²) in [5.41, 5.74) is 4.90. The van der Waals surface area contributed by atoms with Crippen LogP contribution in [0.15, 0.2) is 60.7 Å². The van der Waals surface area contributed by atoms with E-state index in [1.165, 1.54) is 17.9 Å². The minimum Gasteiger partial charge on any atom is -0.464 e. The molecule has 0 radical (unpaired) electrons. The maximum Gasteiger partial charge on any atom is 0.358 e. The number of benzene rings is 2. The number of carbonyl (C=O) groups is 2. The first-order chi connectivity index (χ1) is 14.9. The fraction of sp³-hybridized carbons (Fsp3) is 0.130.